The van der Waals surface area contributed by atoms with E-state index in [1.54, 1.807) is 11.2 Å². The quantitative estimate of drug-likeness (QED) is 0.583. The van der Waals surface area contributed by atoms with Crippen molar-refractivity contribution in [3.05, 3.63) is 46.6 Å². The number of likely N-dealkylation sites (tertiary alicyclic amines) is 1. The molecule has 3 heterocycles. The highest BCUT2D eigenvalue weighted by atomic mass is 16.1. The highest BCUT2D eigenvalue weighted by Gasteiger charge is 2.30. The molecule has 2 aliphatic heterocycles. The summed E-state index contributed by atoms with van der Waals surface area (Å²) < 4.78 is 0. The predicted octanol–water partition coefficient (Wildman–Crippen LogP) is 3.34. The number of aldehydes is 1. The molecule has 1 aromatic heterocycles. The molecular weight excluding hydrogens is 402 g/mol. The molecular formula is C24H33N7O. The molecule has 1 unspecified atom stereocenters. The minimum atomic E-state index is -0.573. The fourth-order valence-electron chi connectivity index (χ4n) is 4.51. The molecule has 1 fully saturated rings. The molecule has 170 valence electrons. The summed E-state index contributed by atoms with van der Waals surface area (Å²) in [7, 11) is 0. The second-order valence-electron chi connectivity index (χ2n) is 8.79. The van der Waals surface area contributed by atoms with E-state index in [0.717, 1.165) is 36.8 Å². The van der Waals surface area contributed by atoms with Crippen LogP contribution in [-0.4, -0.2) is 51.5 Å². The van der Waals surface area contributed by atoms with Crippen LogP contribution in [0.25, 0.3) is 0 Å². The molecule has 0 aliphatic carbocycles. The Morgan fingerprint density at radius 3 is 2.50 bits per heavy atom. The minimum absolute atomic E-state index is 0.174. The second kappa shape index (κ2) is 10.1. The molecule has 2 aromatic rings. The van der Waals surface area contributed by atoms with Gasteiger partial charge in [0.15, 0.2) is 0 Å². The van der Waals surface area contributed by atoms with E-state index in [0.29, 0.717) is 18.1 Å². The molecule has 3 N–H and O–H groups in total. The van der Waals surface area contributed by atoms with Crippen molar-refractivity contribution in [3.63, 3.8) is 0 Å². The van der Waals surface area contributed by atoms with Gasteiger partial charge in [0.2, 0.25) is 5.95 Å². The molecule has 32 heavy (non-hydrogen) atoms. The van der Waals surface area contributed by atoms with Gasteiger partial charge in [-0.25, -0.2) is 4.98 Å². The summed E-state index contributed by atoms with van der Waals surface area (Å²) in [5.41, 5.74) is 9.67. The zero-order valence-corrected chi connectivity index (χ0v) is 19.0. The first-order valence-corrected chi connectivity index (χ1v) is 11.6. The first-order valence-electron chi connectivity index (χ1n) is 11.6. The summed E-state index contributed by atoms with van der Waals surface area (Å²) in [5.74, 6) is 0.788. The average molecular weight is 436 g/mol. The van der Waals surface area contributed by atoms with Crippen LogP contribution in [0.1, 0.15) is 68.0 Å². The van der Waals surface area contributed by atoms with E-state index >= 15 is 0 Å². The number of aromatic nitrogens is 2. The number of carbonyl (C=O) groups excluding carboxylic acids is 1. The number of hydrogen-bond acceptors (Lipinski definition) is 8. The van der Waals surface area contributed by atoms with Crippen LogP contribution in [0.3, 0.4) is 0 Å². The monoisotopic (exact) mass is 435 g/mol. The van der Waals surface area contributed by atoms with Gasteiger partial charge in [-0.1, -0.05) is 37.6 Å². The number of benzene rings is 1. The molecule has 2 aliphatic rings. The number of nitrogens with zero attached hydrogens (tertiary/aromatic N) is 5. The van der Waals surface area contributed by atoms with E-state index in [9.17, 15) is 4.79 Å². The van der Waals surface area contributed by atoms with Crippen molar-refractivity contribution in [1.29, 1.82) is 0 Å². The Morgan fingerprint density at radius 1 is 1.16 bits per heavy atom. The highest BCUT2D eigenvalue weighted by Crippen LogP contribution is 2.32. The van der Waals surface area contributed by atoms with E-state index in [-0.39, 0.29) is 12.0 Å². The van der Waals surface area contributed by atoms with E-state index in [1.165, 1.54) is 31.5 Å². The molecule has 8 heteroatoms. The number of nitrogens with two attached hydrogens (primary N) is 1. The topological polar surface area (TPSA) is 99.7 Å². The highest BCUT2D eigenvalue weighted by molar-refractivity contribution is 5.86. The van der Waals surface area contributed by atoms with Gasteiger partial charge < -0.3 is 15.8 Å². The number of anilines is 2. The Hall–Kier alpha value is -3.00. The normalized spacial score (nSPS) is 19.1. The number of nitrogen functional groups attached to an aromatic ring is 1. The lowest BCUT2D eigenvalue weighted by Gasteiger charge is -2.31. The number of hydrogen-bond donors (Lipinski definition) is 2. The van der Waals surface area contributed by atoms with Crippen LogP contribution in [0.15, 0.2) is 29.4 Å². The second-order valence-corrected chi connectivity index (χ2v) is 8.79. The summed E-state index contributed by atoms with van der Waals surface area (Å²) in [5, 5.41) is 9.73. The number of hydrazone groups is 1. The molecule has 1 saturated heterocycles. The Balaban J connectivity index is 1.52. The Morgan fingerprint density at radius 2 is 1.84 bits per heavy atom. The van der Waals surface area contributed by atoms with E-state index in [4.69, 9.17) is 5.73 Å². The maximum Gasteiger partial charge on any atom is 0.222 e. The average Bonchev–Trinajstić information content (AvgIpc) is 3.28. The Kier molecular flexibility index (Phi) is 6.99. The van der Waals surface area contributed by atoms with Gasteiger partial charge in [0.05, 0.1) is 24.0 Å². The molecule has 8 nitrogen and oxygen atoms in total. The van der Waals surface area contributed by atoms with E-state index in [2.05, 4.69) is 63.4 Å². The number of carbonyl (C=O) groups is 1. The van der Waals surface area contributed by atoms with Gasteiger partial charge in [0, 0.05) is 12.6 Å². The molecule has 0 saturated carbocycles. The van der Waals surface area contributed by atoms with Crippen molar-refractivity contribution in [2.75, 3.05) is 24.1 Å². The third-order valence-corrected chi connectivity index (χ3v) is 6.14. The minimum Gasteiger partial charge on any atom is -0.368 e. The lowest BCUT2D eigenvalue weighted by Crippen LogP contribution is -2.32. The molecule has 4 rings (SSSR count). The fourth-order valence-corrected chi connectivity index (χ4v) is 4.51. The van der Waals surface area contributed by atoms with Gasteiger partial charge in [0.1, 0.15) is 18.1 Å². The zero-order valence-electron chi connectivity index (χ0n) is 19.0. The summed E-state index contributed by atoms with van der Waals surface area (Å²) in [4.78, 5) is 23.4. The van der Waals surface area contributed by atoms with Gasteiger partial charge in [0.25, 0.3) is 0 Å². The van der Waals surface area contributed by atoms with Crippen LogP contribution >= 0.6 is 0 Å². The fraction of sp³-hybridized carbons (Fsp3) is 0.500. The summed E-state index contributed by atoms with van der Waals surface area (Å²) >= 11 is 0. The maximum atomic E-state index is 12.2. The number of nitrogens with one attached hydrogen (secondary N) is 1. The van der Waals surface area contributed by atoms with Gasteiger partial charge in [-0.3, -0.25) is 9.91 Å². The molecule has 0 bridgehead atoms. The van der Waals surface area contributed by atoms with Crippen LogP contribution < -0.4 is 11.1 Å². The summed E-state index contributed by atoms with van der Waals surface area (Å²) in [6, 6.07) is 8.24. The predicted molar refractivity (Wildman–Crippen MR) is 127 cm³/mol. The third kappa shape index (κ3) is 5.07. The third-order valence-electron chi connectivity index (χ3n) is 6.14. The number of fused-ring (bicyclic) bond motifs is 1. The number of rotatable bonds is 9. The molecule has 2 atom stereocenters. The Bertz CT molecular complexity index is 954. The van der Waals surface area contributed by atoms with Gasteiger partial charge in [-0.2, -0.15) is 10.1 Å². The van der Waals surface area contributed by atoms with Crippen molar-refractivity contribution in [1.82, 2.24) is 19.9 Å². The smallest absolute Gasteiger partial charge is 0.222 e. The van der Waals surface area contributed by atoms with Gasteiger partial charge >= 0.3 is 0 Å². The van der Waals surface area contributed by atoms with Crippen molar-refractivity contribution >= 4 is 24.3 Å². The molecule has 0 amide bonds. The lowest BCUT2D eigenvalue weighted by molar-refractivity contribution is -0.112. The first kappa shape index (κ1) is 22.2. The van der Waals surface area contributed by atoms with Crippen LogP contribution in [0.2, 0.25) is 0 Å². The van der Waals surface area contributed by atoms with Gasteiger partial charge in [-0.15, -0.1) is 0 Å². The van der Waals surface area contributed by atoms with Crippen LogP contribution in [0.4, 0.5) is 11.8 Å². The van der Waals surface area contributed by atoms with Crippen molar-refractivity contribution in [2.45, 2.75) is 64.7 Å². The van der Waals surface area contributed by atoms with Crippen molar-refractivity contribution in [2.24, 2.45) is 5.10 Å². The Labute approximate surface area is 189 Å². The van der Waals surface area contributed by atoms with Crippen LogP contribution in [0, 0.1) is 0 Å². The maximum absolute atomic E-state index is 12.2. The molecule has 0 radical (unpaired) electrons. The SMILES string of the molecule is CCCC(C)Nc1nc(N)nc2c1[C@H](C=O)N(Cc1ccc(CN3CCCC3)cc1)N=C2. The largest absolute Gasteiger partial charge is 0.368 e. The van der Waals surface area contributed by atoms with E-state index in [1.807, 2.05) is 0 Å². The molecule has 0 spiro atoms. The van der Waals surface area contributed by atoms with Crippen molar-refractivity contribution in [3.8, 4) is 0 Å². The molecule has 1 aromatic carbocycles. The van der Waals surface area contributed by atoms with Crippen LogP contribution in [-0.2, 0) is 17.9 Å². The standard InChI is InChI=1S/C24H33N7O/c1-3-6-17(2)27-23-22-20(28-24(25)29-23)13-26-31(21(22)16-32)15-19-9-7-18(8-10-19)14-30-11-4-5-12-30/h7-10,13,16-17,21H,3-6,11-12,14-15H2,1-2H3,(H3,25,27,28,29)/t17?,21-/m0/s1. The zero-order chi connectivity index (χ0) is 22.5. The first-order chi connectivity index (χ1) is 15.6. The van der Waals surface area contributed by atoms with Crippen LogP contribution in [0.5, 0.6) is 0 Å². The lowest BCUT2D eigenvalue weighted by atomic mass is 10.0. The summed E-state index contributed by atoms with van der Waals surface area (Å²) in [6.45, 7) is 8.13. The van der Waals surface area contributed by atoms with Crippen molar-refractivity contribution < 1.29 is 4.79 Å². The van der Waals surface area contributed by atoms with E-state index < -0.39 is 6.04 Å². The summed E-state index contributed by atoms with van der Waals surface area (Å²) in [6.07, 6.45) is 7.21. The van der Waals surface area contributed by atoms with Gasteiger partial charge in [-0.05, 0) is 50.4 Å².